The third-order valence-electron chi connectivity index (χ3n) is 3.58. The smallest absolute Gasteiger partial charge is 0.363 e. The number of primary amides is 1. The lowest BCUT2D eigenvalue weighted by molar-refractivity contribution is -0.384. The van der Waals surface area contributed by atoms with Crippen LogP contribution in [0.3, 0.4) is 0 Å². The summed E-state index contributed by atoms with van der Waals surface area (Å²) in [5, 5.41) is 11.1. The molecule has 2 aromatic rings. The van der Waals surface area contributed by atoms with E-state index in [1.807, 2.05) is 0 Å². The average Bonchev–Trinajstić information content (AvgIpc) is 3.01. The first-order valence-electron chi connectivity index (χ1n) is 7.81. The zero-order valence-electron chi connectivity index (χ0n) is 14.1. The Labute approximate surface area is 163 Å². The van der Waals surface area contributed by atoms with E-state index in [1.54, 1.807) is 24.3 Å². The van der Waals surface area contributed by atoms with Crippen LogP contribution in [0.15, 0.2) is 53.2 Å². The summed E-state index contributed by atoms with van der Waals surface area (Å²) in [6.45, 7) is -0.246. The molecule has 0 saturated heterocycles. The van der Waals surface area contributed by atoms with Crippen molar-refractivity contribution in [3.63, 3.8) is 0 Å². The molecule has 0 unspecified atom stereocenters. The Hall–Kier alpha value is -3.72. The summed E-state index contributed by atoms with van der Waals surface area (Å²) in [4.78, 5) is 37.2. The number of carbonyl (C=O) groups is 2. The van der Waals surface area contributed by atoms with Gasteiger partial charge in [0.15, 0.2) is 12.3 Å². The molecule has 1 aliphatic rings. The van der Waals surface area contributed by atoms with Crippen molar-refractivity contribution in [3.05, 3.63) is 74.4 Å². The normalized spacial score (nSPS) is 14.5. The van der Waals surface area contributed by atoms with E-state index >= 15 is 0 Å². The van der Waals surface area contributed by atoms with Gasteiger partial charge in [-0.25, -0.2) is 9.79 Å². The molecular weight excluding hydrogens is 390 g/mol. The number of cyclic esters (lactones) is 1. The molecule has 3 rings (SSSR count). The number of rotatable bonds is 6. The van der Waals surface area contributed by atoms with Crippen LogP contribution in [0.2, 0.25) is 5.02 Å². The molecule has 0 bridgehead atoms. The maximum Gasteiger partial charge on any atom is 0.363 e. The van der Waals surface area contributed by atoms with Gasteiger partial charge in [-0.3, -0.25) is 14.9 Å². The number of aliphatic imine (C=N–C) groups is 1. The van der Waals surface area contributed by atoms with Crippen LogP contribution in [0, 0.1) is 10.1 Å². The summed E-state index contributed by atoms with van der Waals surface area (Å²) >= 11 is 6.04. The minimum atomic E-state index is -0.716. The number of ether oxygens (including phenoxy) is 2. The van der Waals surface area contributed by atoms with Crippen molar-refractivity contribution in [1.29, 1.82) is 0 Å². The molecular formula is C18H12ClN3O6. The van der Waals surface area contributed by atoms with E-state index in [1.165, 1.54) is 24.3 Å². The van der Waals surface area contributed by atoms with Gasteiger partial charge in [-0.2, -0.15) is 0 Å². The number of halogens is 1. The van der Waals surface area contributed by atoms with Crippen LogP contribution in [0.5, 0.6) is 5.75 Å². The Morgan fingerprint density at radius 3 is 2.64 bits per heavy atom. The summed E-state index contributed by atoms with van der Waals surface area (Å²) in [5.74, 6) is -0.998. The molecule has 0 saturated carbocycles. The Morgan fingerprint density at radius 1 is 1.29 bits per heavy atom. The van der Waals surface area contributed by atoms with Crippen molar-refractivity contribution in [3.8, 4) is 5.75 Å². The van der Waals surface area contributed by atoms with Crippen molar-refractivity contribution < 1.29 is 24.0 Å². The van der Waals surface area contributed by atoms with Crippen LogP contribution < -0.4 is 10.5 Å². The Bertz CT molecular complexity index is 1030. The zero-order valence-corrected chi connectivity index (χ0v) is 14.9. The maximum atomic E-state index is 12.1. The number of amides is 1. The van der Waals surface area contributed by atoms with E-state index < -0.39 is 16.8 Å². The number of non-ortho nitro benzene ring substituents is 1. The molecule has 9 nitrogen and oxygen atoms in total. The second-order valence-electron chi connectivity index (χ2n) is 5.58. The average molecular weight is 402 g/mol. The van der Waals surface area contributed by atoms with Crippen molar-refractivity contribution in [2.45, 2.75) is 0 Å². The fourth-order valence-corrected chi connectivity index (χ4v) is 2.49. The molecule has 0 atom stereocenters. The van der Waals surface area contributed by atoms with Gasteiger partial charge in [-0.15, -0.1) is 0 Å². The third-order valence-corrected chi connectivity index (χ3v) is 3.91. The van der Waals surface area contributed by atoms with Crippen LogP contribution in [0.25, 0.3) is 6.08 Å². The molecule has 1 amide bonds. The highest BCUT2D eigenvalue weighted by atomic mass is 35.5. The van der Waals surface area contributed by atoms with Gasteiger partial charge in [0.25, 0.3) is 11.6 Å². The predicted molar refractivity (Wildman–Crippen MR) is 99.8 cm³/mol. The van der Waals surface area contributed by atoms with Crippen molar-refractivity contribution in [1.82, 2.24) is 0 Å². The van der Waals surface area contributed by atoms with Gasteiger partial charge in [-0.05, 0) is 29.8 Å². The summed E-state index contributed by atoms with van der Waals surface area (Å²) in [6, 6.07) is 10.2. The summed E-state index contributed by atoms with van der Waals surface area (Å²) in [6.07, 6.45) is 1.47. The molecule has 0 radical (unpaired) electrons. The molecule has 1 heterocycles. The first-order chi connectivity index (χ1) is 13.3. The standard InChI is InChI=1S/C18H12ClN3O6/c19-14-6-3-11(22(25)26)8-13(14)17-21-15(18(24)28-17)7-10-1-4-12(5-2-10)27-9-16(20)23/h1-8H,9H2,(H2,20,23)/b15-7-. The fourth-order valence-electron chi connectivity index (χ4n) is 2.29. The maximum absolute atomic E-state index is 12.1. The summed E-state index contributed by atoms with van der Waals surface area (Å²) < 4.78 is 10.2. The Kier molecular flexibility index (Phi) is 5.37. The van der Waals surface area contributed by atoms with Gasteiger partial charge < -0.3 is 15.2 Å². The predicted octanol–water partition coefficient (Wildman–Crippen LogP) is 2.46. The van der Waals surface area contributed by atoms with Gasteiger partial charge in [0, 0.05) is 12.1 Å². The van der Waals surface area contributed by atoms with Crippen molar-refractivity contribution >= 4 is 41.1 Å². The van der Waals surface area contributed by atoms with Gasteiger partial charge in [-0.1, -0.05) is 23.7 Å². The van der Waals surface area contributed by atoms with Gasteiger partial charge in [0.05, 0.1) is 15.5 Å². The quantitative estimate of drug-likeness (QED) is 0.342. The SMILES string of the molecule is NC(=O)COc1ccc(/C=C2\N=C(c3cc([N+](=O)[O-])ccc3Cl)OC2=O)cc1. The van der Waals surface area contributed by atoms with Crippen LogP contribution >= 0.6 is 11.6 Å². The summed E-state index contributed by atoms with van der Waals surface area (Å²) in [5.41, 5.74) is 5.56. The second-order valence-corrected chi connectivity index (χ2v) is 5.99. The monoisotopic (exact) mass is 401 g/mol. The van der Waals surface area contributed by atoms with Crippen LogP contribution in [0.4, 0.5) is 5.69 Å². The zero-order chi connectivity index (χ0) is 20.3. The number of hydrogen-bond acceptors (Lipinski definition) is 7. The van der Waals surface area contributed by atoms with E-state index in [9.17, 15) is 19.7 Å². The molecule has 0 aromatic heterocycles. The fraction of sp³-hybridized carbons (Fsp3) is 0.0556. The lowest BCUT2D eigenvalue weighted by Gasteiger charge is -2.03. The number of nitro benzene ring substituents is 1. The van der Waals surface area contributed by atoms with Crippen LogP contribution in [-0.2, 0) is 14.3 Å². The highest BCUT2D eigenvalue weighted by molar-refractivity contribution is 6.34. The van der Waals surface area contributed by atoms with Gasteiger partial charge in [0.2, 0.25) is 5.90 Å². The van der Waals surface area contributed by atoms with Crippen LogP contribution in [-0.4, -0.2) is 29.3 Å². The Morgan fingerprint density at radius 2 is 2.00 bits per heavy atom. The first-order valence-corrected chi connectivity index (χ1v) is 8.19. The molecule has 1 aliphatic heterocycles. The molecule has 10 heteroatoms. The van der Waals surface area contributed by atoms with E-state index in [4.69, 9.17) is 26.8 Å². The van der Waals surface area contributed by atoms with Gasteiger partial charge in [0.1, 0.15) is 5.75 Å². The number of esters is 1. The number of nitrogens with two attached hydrogens (primary N) is 1. The van der Waals surface area contributed by atoms with E-state index in [0.29, 0.717) is 11.3 Å². The lowest BCUT2D eigenvalue weighted by Crippen LogP contribution is -2.19. The highest BCUT2D eigenvalue weighted by Gasteiger charge is 2.27. The lowest BCUT2D eigenvalue weighted by atomic mass is 10.2. The molecule has 142 valence electrons. The molecule has 0 aliphatic carbocycles. The topological polar surface area (TPSA) is 134 Å². The molecule has 0 fully saturated rings. The van der Waals surface area contributed by atoms with E-state index in [0.717, 1.165) is 0 Å². The number of benzene rings is 2. The van der Waals surface area contributed by atoms with Crippen molar-refractivity contribution in [2.75, 3.05) is 6.61 Å². The second kappa shape index (κ2) is 7.89. The number of nitrogens with zero attached hydrogens (tertiary/aromatic N) is 2. The third kappa shape index (κ3) is 4.33. The minimum Gasteiger partial charge on any atom is -0.484 e. The molecule has 2 aromatic carbocycles. The molecule has 2 N–H and O–H groups in total. The van der Waals surface area contributed by atoms with E-state index in [-0.39, 0.29) is 34.5 Å². The highest BCUT2D eigenvalue weighted by Crippen LogP contribution is 2.27. The Balaban J connectivity index is 1.85. The van der Waals surface area contributed by atoms with E-state index in [2.05, 4.69) is 4.99 Å². The van der Waals surface area contributed by atoms with Gasteiger partial charge >= 0.3 is 5.97 Å². The first kappa shape index (κ1) is 19.1. The summed E-state index contributed by atoms with van der Waals surface area (Å²) in [7, 11) is 0. The minimum absolute atomic E-state index is 0.00313. The number of nitro groups is 1. The molecule has 28 heavy (non-hydrogen) atoms. The molecule has 0 spiro atoms. The van der Waals surface area contributed by atoms with Crippen LogP contribution in [0.1, 0.15) is 11.1 Å². The number of carbonyl (C=O) groups excluding carboxylic acids is 2. The number of hydrogen-bond donors (Lipinski definition) is 1. The largest absolute Gasteiger partial charge is 0.484 e. The van der Waals surface area contributed by atoms with Crippen molar-refractivity contribution in [2.24, 2.45) is 10.7 Å².